The number of methoxy groups -OCH3 is 1. The highest BCUT2D eigenvalue weighted by Crippen LogP contribution is 2.43. The van der Waals surface area contributed by atoms with Crippen molar-refractivity contribution in [2.75, 3.05) is 12.4 Å². The van der Waals surface area contributed by atoms with Crippen molar-refractivity contribution >= 4 is 49.2 Å². The van der Waals surface area contributed by atoms with Crippen LogP contribution in [0.2, 0.25) is 0 Å². The van der Waals surface area contributed by atoms with Crippen LogP contribution in [0.1, 0.15) is 15.2 Å². The maximum atomic E-state index is 12.8. The molecular weight excluding hydrogens is 446 g/mol. The first-order chi connectivity index (χ1) is 13.5. The maximum Gasteiger partial charge on any atom is 0.272 e. The van der Waals surface area contributed by atoms with E-state index in [1.807, 2.05) is 43.3 Å². The summed E-state index contributed by atoms with van der Waals surface area (Å²) >= 11 is 4.73. The van der Waals surface area contributed by atoms with Gasteiger partial charge in [0.05, 0.1) is 7.11 Å². The number of ether oxygens (including phenoxy) is 2. The Morgan fingerprint density at radius 2 is 2.04 bits per heavy atom. The van der Waals surface area contributed by atoms with Gasteiger partial charge in [-0.3, -0.25) is 10.1 Å². The standard InChI is InChI=1S/C18H14BrN5O3S/c1-9-7-14-12(8-13(9)26-2)15(27-11-5-3-10(19)4-6-11)16(28-14)17(25)20-18-21-23-24-22-18/h3-8H,1-2H3,(H2,20,21,22,23,24,25). The largest absolute Gasteiger partial charge is 0.496 e. The molecule has 0 saturated carbocycles. The molecule has 0 saturated heterocycles. The number of aromatic nitrogens is 4. The van der Waals surface area contributed by atoms with E-state index in [1.165, 1.54) is 11.3 Å². The van der Waals surface area contributed by atoms with Crippen molar-refractivity contribution in [3.05, 3.63) is 51.3 Å². The van der Waals surface area contributed by atoms with Crippen LogP contribution in [0.15, 0.2) is 40.9 Å². The average Bonchev–Trinajstić information content (AvgIpc) is 3.31. The average molecular weight is 460 g/mol. The van der Waals surface area contributed by atoms with Gasteiger partial charge in [0, 0.05) is 14.6 Å². The number of amides is 1. The molecule has 0 aliphatic rings. The maximum absolute atomic E-state index is 12.8. The summed E-state index contributed by atoms with van der Waals surface area (Å²) in [4.78, 5) is 13.2. The SMILES string of the molecule is COc1cc2c(Oc3ccc(Br)cc3)c(C(=O)Nc3nn[nH]n3)sc2cc1C. The minimum Gasteiger partial charge on any atom is -0.496 e. The lowest BCUT2D eigenvalue weighted by molar-refractivity contribution is 0.102. The van der Waals surface area contributed by atoms with Crippen LogP contribution in [-0.2, 0) is 0 Å². The van der Waals surface area contributed by atoms with Crippen LogP contribution in [0.25, 0.3) is 10.1 Å². The lowest BCUT2D eigenvalue weighted by atomic mass is 10.1. The van der Waals surface area contributed by atoms with Crippen molar-refractivity contribution in [3.63, 3.8) is 0 Å². The Kier molecular flexibility index (Phi) is 4.97. The van der Waals surface area contributed by atoms with Gasteiger partial charge in [-0.1, -0.05) is 21.0 Å². The number of carbonyl (C=O) groups is 1. The highest BCUT2D eigenvalue weighted by atomic mass is 79.9. The number of nitrogens with zero attached hydrogens (tertiary/aromatic N) is 3. The number of benzene rings is 2. The third-order valence-electron chi connectivity index (χ3n) is 3.97. The molecule has 2 aromatic heterocycles. The van der Waals surface area contributed by atoms with E-state index in [9.17, 15) is 4.79 Å². The van der Waals surface area contributed by atoms with Gasteiger partial charge in [-0.25, -0.2) is 0 Å². The summed E-state index contributed by atoms with van der Waals surface area (Å²) in [5, 5.41) is 16.7. The Hall–Kier alpha value is -2.98. The second-order valence-electron chi connectivity index (χ2n) is 5.82. The molecule has 4 rings (SSSR count). The summed E-state index contributed by atoms with van der Waals surface area (Å²) in [6.07, 6.45) is 0. The molecule has 2 aromatic carbocycles. The molecule has 8 nitrogen and oxygen atoms in total. The Morgan fingerprint density at radius 3 is 2.71 bits per heavy atom. The zero-order chi connectivity index (χ0) is 19.7. The quantitative estimate of drug-likeness (QED) is 0.454. The molecule has 10 heteroatoms. The molecule has 0 fully saturated rings. The van der Waals surface area contributed by atoms with Gasteiger partial charge in [-0.15, -0.1) is 16.4 Å². The van der Waals surface area contributed by atoms with Crippen molar-refractivity contribution < 1.29 is 14.3 Å². The third-order valence-corrected chi connectivity index (χ3v) is 5.63. The Bertz CT molecular complexity index is 1140. The monoisotopic (exact) mass is 459 g/mol. The second kappa shape index (κ2) is 7.56. The summed E-state index contributed by atoms with van der Waals surface area (Å²) in [6, 6.07) is 11.2. The minimum atomic E-state index is -0.383. The molecule has 0 aliphatic heterocycles. The van der Waals surface area contributed by atoms with E-state index in [2.05, 4.69) is 41.9 Å². The molecule has 0 aliphatic carbocycles. The van der Waals surface area contributed by atoms with Crippen LogP contribution in [0.4, 0.5) is 5.95 Å². The Balaban J connectivity index is 1.82. The first-order valence-electron chi connectivity index (χ1n) is 8.14. The van der Waals surface area contributed by atoms with Crippen molar-refractivity contribution in [1.29, 1.82) is 0 Å². The van der Waals surface area contributed by atoms with Crippen LogP contribution >= 0.6 is 27.3 Å². The van der Waals surface area contributed by atoms with E-state index in [4.69, 9.17) is 9.47 Å². The molecular formula is C18H14BrN5O3S. The molecule has 2 heterocycles. The predicted molar refractivity (Wildman–Crippen MR) is 109 cm³/mol. The molecule has 0 bridgehead atoms. The molecule has 0 unspecified atom stereocenters. The van der Waals surface area contributed by atoms with E-state index >= 15 is 0 Å². The zero-order valence-electron chi connectivity index (χ0n) is 14.8. The van der Waals surface area contributed by atoms with E-state index in [1.54, 1.807) is 7.11 Å². The number of hydrogen-bond acceptors (Lipinski definition) is 7. The van der Waals surface area contributed by atoms with Crippen LogP contribution in [-0.4, -0.2) is 33.6 Å². The number of rotatable bonds is 5. The number of thiophene rings is 1. The van der Waals surface area contributed by atoms with Crippen LogP contribution < -0.4 is 14.8 Å². The van der Waals surface area contributed by atoms with Gasteiger partial charge in [-0.05, 0) is 54.1 Å². The zero-order valence-corrected chi connectivity index (χ0v) is 17.2. The van der Waals surface area contributed by atoms with Crippen molar-refractivity contribution in [2.24, 2.45) is 0 Å². The van der Waals surface area contributed by atoms with Gasteiger partial charge in [0.1, 0.15) is 16.4 Å². The summed E-state index contributed by atoms with van der Waals surface area (Å²) in [6.45, 7) is 1.95. The Labute approximate surface area is 172 Å². The number of H-pyrrole nitrogens is 1. The van der Waals surface area contributed by atoms with Crippen LogP contribution in [0.5, 0.6) is 17.2 Å². The van der Waals surface area contributed by atoms with Gasteiger partial charge in [0.2, 0.25) is 0 Å². The molecule has 28 heavy (non-hydrogen) atoms. The lowest BCUT2D eigenvalue weighted by Crippen LogP contribution is -2.12. The topological polar surface area (TPSA) is 102 Å². The van der Waals surface area contributed by atoms with Crippen LogP contribution in [0, 0.1) is 6.92 Å². The lowest BCUT2D eigenvalue weighted by Gasteiger charge is -2.09. The number of aromatic amines is 1. The fourth-order valence-electron chi connectivity index (χ4n) is 2.67. The summed E-state index contributed by atoms with van der Waals surface area (Å²) in [5.41, 5.74) is 0.969. The molecule has 0 spiro atoms. The molecule has 4 aromatic rings. The normalized spacial score (nSPS) is 10.8. The third kappa shape index (κ3) is 3.56. The van der Waals surface area contributed by atoms with Gasteiger partial charge in [-0.2, -0.15) is 5.21 Å². The first-order valence-corrected chi connectivity index (χ1v) is 9.75. The summed E-state index contributed by atoms with van der Waals surface area (Å²) in [7, 11) is 1.61. The summed E-state index contributed by atoms with van der Waals surface area (Å²) < 4.78 is 13.4. The molecule has 0 atom stereocenters. The van der Waals surface area contributed by atoms with Crippen molar-refractivity contribution in [3.8, 4) is 17.2 Å². The second-order valence-corrected chi connectivity index (χ2v) is 7.79. The molecule has 1 amide bonds. The molecule has 142 valence electrons. The van der Waals surface area contributed by atoms with E-state index in [-0.39, 0.29) is 11.9 Å². The number of carbonyl (C=O) groups excluding carboxylic acids is 1. The number of aryl methyl sites for hydroxylation is 1. The fraction of sp³-hybridized carbons (Fsp3) is 0.111. The van der Waals surface area contributed by atoms with E-state index < -0.39 is 0 Å². The van der Waals surface area contributed by atoms with Gasteiger partial charge in [0.25, 0.3) is 11.9 Å². The van der Waals surface area contributed by atoms with Crippen molar-refractivity contribution in [2.45, 2.75) is 6.92 Å². The number of halogens is 1. The highest BCUT2D eigenvalue weighted by molar-refractivity contribution is 9.10. The van der Waals surface area contributed by atoms with Crippen LogP contribution in [0.3, 0.4) is 0 Å². The molecule has 2 N–H and O–H groups in total. The van der Waals surface area contributed by atoms with Gasteiger partial charge < -0.3 is 9.47 Å². The minimum absolute atomic E-state index is 0.0887. The number of hydrogen-bond donors (Lipinski definition) is 2. The number of anilines is 1. The first kappa shape index (κ1) is 18.4. The predicted octanol–water partition coefficient (Wildman–Crippen LogP) is 4.54. The van der Waals surface area contributed by atoms with Crippen molar-refractivity contribution in [1.82, 2.24) is 20.6 Å². The number of tetrazole rings is 1. The highest BCUT2D eigenvalue weighted by Gasteiger charge is 2.23. The van der Waals surface area contributed by atoms with E-state index in [0.717, 1.165) is 25.9 Å². The van der Waals surface area contributed by atoms with E-state index in [0.29, 0.717) is 16.4 Å². The Morgan fingerprint density at radius 1 is 1.25 bits per heavy atom. The van der Waals surface area contributed by atoms with Gasteiger partial charge >= 0.3 is 0 Å². The number of nitrogens with one attached hydrogen (secondary N) is 2. The molecule has 0 radical (unpaired) electrons. The fourth-order valence-corrected chi connectivity index (χ4v) is 4.04. The summed E-state index contributed by atoms with van der Waals surface area (Å²) in [5.74, 6) is 1.48. The number of fused-ring (bicyclic) bond motifs is 1. The van der Waals surface area contributed by atoms with Gasteiger partial charge in [0.15, 0.2) is 5.75 Å². The smallest absolute Gasteiger partial charge is 0.272 e.